The zero-order valence-corrected chi connectivity index (χ0v) is 12.4. The first-order valence-corrected chi connectivity index (χ1v) is 7.54. The molecule has 3 rings (SSSR count). The third-order valence-electron chi connectivity index (χ3n) is 4.47. The summed E-state index contributed by atoms with van der Waals surface area (Å²) >= 11 is 0. The summed E-state index contributed by atoms with van der Waals surface area (Å²) in [7, 11) is 0. The number of hydrogen-bond acceptors (Lipinski definition) is 1. The SMILES string of the molecule is O=C(Nc1cc(F)ccc1F)C1(c2ccc(F)cc2)CCCC1. The van der Waals surface area contributed by atoms with Gasteiger partial charge in [-0.05, 0) is 42.7 Å². The van der Waals surface area contributed by atoms with Crippen molar-refractivity contribution < 1.29 is 18.0 Å². The van der Waals surface area contributed by atoms with Crippen molar-refractivity contribution in [3.05, 3.63) is 65.5 Å². The van der Waals surface area contributed by atoms with Crippen molar-refractivity contribution in [2.75, 3.05) is 5.32 Å². The van der Waals surface area contributed by atoms with E-state index in [0.717, 1.165) is 31.0 Å². The molecule has 2 aromatic rings. The fourth-order valence-electron chi connectivity index (χ4n) is 3.23. The van der Waals surface area contributed by atoms with Crippen LogP contribution in [0.25, 0.3) is 0 Å². The van der Waals surface area contributed by atoms with Crippen LogP contribution in [0.15, 0.2) is 42.5 Å². The molecule has 1 aliphatic carbocycles. The van der Waals surface area contributed by atoms with E-state index in [9.17, 15) is 18.0 Å². The summed E-state index contributed by atoms with van der Waals surface area (Å²) in [6, 6.07) is 8.72. The smallest absolute Gasteiger partial charge is 0.235 e. The highest BCUT2D eigenvalue weighted by molar-refractivity contribution is 5.99. The first-order valence-electron chi connectivity index (χ1n) is 7.54. The van der Waals surface area contributed by atoms with Crippen molar-refractivity contribution in [2.24, 2.45) is 0 Å². The predicted octanol–water partition coefficient (Wildman–Crippen LogP) is 4.55. The molecule has 5 heteroatoms. The molecule has 0 radical (unpaired) electrons. The highest BCUT2D eigenvalue weighted by Crippen LogP contribution is 2.42. The maximum Gasteiger partial charge on any atom is 0.235 e. The van der Waals surface area contributed by atoms with Crippen LogP contribution in [0.3, 0.4) is 0 Å². The van der Waals surface area contributed by atoms with Crippen LogP contribution in [0.5, 0.6) is 0 Å². The Balaban J connectivity index is 1.93. The second-order valence-electron chi connectivity index (χ2n) is 5.87. The monoisotopic (exact) mass is 319 g/mol. The average molecular weight is 319 g/mol. The third kappa shape index (κ3) is 2.96. The van der Waals surface area contributed by atoms with Crippen molar-refractivity contribution in [2.45, 2.75) is 31.1 Å². The molecule has 1 amide bonds. The van der Waals surface area contributed by atoms with Gasteiger partial charge in [-0.1, -0.05) is 25.0 Å². The summed E-state index contributed by atoms with van der Waals surface area (Å²) in [4.78, 5) is 12.8. The van der Waals surface area contributed by atoms with Gasteiger partial charge in [0, 0.05) is 6.07 Å². The molecule has 0 atom stereocenters. The number of nitrogens with one attached hydrogen (secondary N) is 1. The van der Waals surface area contributed by atoms with E-state index in [1.807, 2.05) is 0 Å². The average Bonchev–Trinajstić information content (AvgIpc) is 3.02. The lowest BCUT2D eigenvalue weighted by Crippen LogP contribution is -2.38. The lowest BCUT2D eigenvalue weighted by atomic mass is 9.78. The van der Waals surface area contributed by atoms with E-state index in [0.29, 0.717) is 18.4 Å². The number of carbonyl (C=O) groups is 1. The molecule has 0 bridgehead atoms. The van der Waals surface area contributed by atoms with E-state index in [-0.39, 0.29) is 17.4 Å². The Labute approximate surface area is 132 Å². The molecule has 0 unspecified atom stereocenters. The van der Waals surface area contributed by atoms with Crippen LogP contribution in [-0.2, 0) is 10.2 Å². The minimum atomic E-state index is -0.827. The Kier molecular flexibility index (Phi) is 4.11. The quantitative estimate of drug-likeness (QED) is 0.883. The zero-order valence-electron chi connectivity index (χ0n) is 12.4. The van der Waals surface area contributed by atoms with Crippen molar-refractivity contribution in [3.63, 3.8) is 0 Å². The lowest BCUT2D eigenvalue weighted by molar-refractivity contribution is -0.121. The molecule has 2 aromatic carbocycles. The molecule has 0 saturated heterocycles. The predicted molar refractivity (Wildman–Crippen MR) is 81.5 cm³/mol. The van der Waals surface area contributed by atoms with Crippen LogP contribution < -0.4 is 5.32 Å². The first kappa shape index (κ1) is 15.6. The molecule has 0 aromatic heterocycles. The Morgan fingerprint density at radius 2 is 1.52 bits per heavy atom. The van der Waals surface area contributed by atoms with Gasteiger partial charge in [0.05, 0.1) is 11.1 Å². The maximum absolute atomic E-state index is 13.8. The maximum atomic E-state index is 13.8. The number of anilines is 1. The Bertz CT molecular complexity index is 722. The van der Waals surface area contributed by atoms with E-state index in [4.69, 9.17) is 0 Å². The van der Waals surface area contributed by atoms with Gasteiger partial charge in [-0.15, -0.1) is 0 Å². The molecule has 0 heterocycles. The van der Waals surface area contributed by atoms with Crippen LogP contribution in [0.1, 0.15) is 31.2 Å². The third-order valence-corrected chi connectivity index (χ3v) is 4.47. The number of hydrogen-bond donors (Lipinski definition) is 1. The molecule has 23 heavy (non-hydrogen) atoms. The second kappa shape index (κ2) is 6.07. The fourth-order valence-corrected chi connectivity index (χ4v) is 3.23. The molecule has 1 saturated carbocycles. The summed E-state index contributed by atoms with van der Waals surface area (Å²) in [5.74, 6) is -2.07. The molecule has 1 fully saturated rings. The number of benzene rings is 2. The summed E-state index contributed by atoms with van der Waals surface area (Å²) in [6.45, 7) is 0. The van der Waals surface area contributed by atoms with E-state index < -0.39 is 17.0 Å². The van der Waals surface area contributed by atoms with Gasteiger partial charge in [-0.25, -0.2) is 13.2 Å². The fraction of sp³-hybridized carbons (Fsp3) is 0.278. The van der Waals surface area contributed by atoms with Crippen molar-refractivity contribution in [1.82, 2.24) is 0 Å². The van der Waals surface area contributed by atoms with Gasteiger partial charge in [-0.2, -0.15) is 0 Å². The molecular formula is C18H16F3NO. The summed E-state index contributed by atoms with van der Waals surface area (Å²) in [5.41, 5.74) is -0.305. The van der Waals surface area contributed by atoms with Crippen LogP contribution in [0, 0.1) is 17.5 Å². The lowest BCUT2D eigenvalue weighted by Gasteiger charge is -2.28. The number of amides is 1. The molecular weight excluding hydrogens is 303 g/mol. The van der Waals surface area contributed by atoms with Crippen molar-refractivity contribution >= 4 is 11.6 Å². The minimum Gasteiger partial charge on any atom is -0.323 e. The van der Waals surface area contributed by atoms with E-state index in [1.165, 1.54) is 12.1 Å². The molecule has 0 spiro atoms. The largest absolute Gasteiger partial charge is 0.323 e. The zero-order chi connectivity index (χ0) is 16.4. The van der Waals surface area contributed by atoms with Crippen LogP contribution in [-0.4, -0.2) is 5.91 Å². The molecule has 1 N–H and O–H groups in total. The van der Waals surface area contributed by atoms with E-state index in [2.05, 4.69) is 5.32 Å². The van der Waals surface area contributed by atoms with Crippen molar-refractivity contribution in [3.8, 4) is 0 Å². The highest BCUT2D eigenvalue weighted by atomic mass is 19.1. The normalized spacial score (nSPS) is 16.3. The van der Waals surface area contributed by atoms with Crippen LogP contribution >= 0.6 is 0 Å². The standard InChI is InChI=1S/C18H16F3NO/c19-13-5-3-12(4-6-13)18(9-1-2-10-18)17(23)22-16-11-14(20)7-8-15(16)21/h3-8,11H,1-2,9-10H2,(H,22,23). The topological polar surface area (TPSA) is 29.1 Å². The Hall–Kier alpha value is -2.30. The number of rotatable bonds is 3. The molecule has 1 aliphatic rings. The summed E-state index contributed by atoms with van der Waals surface area (Å²) in [5, 5.41) is 2.50. The van der Waals surface area contributed by atoms with Crippen LogP contribution in [0.4, 0.5) is 18.9 Å². The summed E-state index contributed by atoms with van der Waals surface area (Å²) in [6.07, 6.45) is 2.91. The molecule has 0 aliphatic heterocycles. The van der Waals surface area contributed by atoms with Crippen LogP contribution in [0.2, 0.25) is 0 Å². The van der Waals surface area contributed by atoms with Gasteiger partial charge >= 0.3 is 0 Å². The Morgan fingerprint density at radius 1 is 0.913 bits per heavy atom. The highest BCUT2D eigenvalue weighted by Gasteiger charge is 2.42. The Morgan fingerprint density at radius 3 is 2.17 bits per heavy atom. The molecule has 120 valence electrons. The number of carbonyl (C=O) groups excluding carboxylic acids is 1. The summed E-state index contributed by atoms with van der Waals surface area (Å²) < 4.78 is 40.2. The van der Waals surface area contributed by atoms with Gasteiger partial charge in [0.15, 0.2) is 0 Å². The van der Waals surface area contributed by atoms with Gasteiger partial charge in [-0.3, -0.25) is 4.79 Å². The van der Waals surface area contributed by atoms with Gasteiger partial charge in [0.1, 0.15) is 17.5 Å². The van der Waals surface area contributed by atoms with Gasteiger partial charge < -0.3 is 5.32 Å². The van der Waals surface area contributed by atoms with E-state index >= 15 is 0 Å². The van der Waals surface area contributed by atoms with Gasteiger partial charge in [0.2, 0.25) is 5.91 Å². The first-order chi connectivity index (χ1) is 11.0. The molecule has 2 nitrogen and oxygen atoms in total. The second-order valence-corrected chi connectivity index (χ2v) is 5.87. The number of halogens is 3. The van der Waals surface area contributed by atoms with Crippen molar-refractivity contribution in [1.29, 1.82) is 0 Å². The minimum absolute atomic E-state index is 0.177. The van der Waals surface area contributed by atoms with Gasteiger partial charge in [0.25, 0.3) is 0 Å². The van der Waals surface area contributed by atoms with E-state index in [1.54, 1.807) is 12.1 Å².